The summed E-state index contributed by atoms with van der Waals surface area (Å²) in [7, 11) is -6.56. The van der Waals surface area contributed by atoms with E-state index in [1.54, 1.807) is 12.1 Å². The molecule has 15 nitrogen and oxygen atoms in total. The van der Waals surface area contributed by atoms with Gasteiger partial charge in [0.05, 0.1) is 43.9 Å². The van der Waals surface area contributed by atoms with Crippen LogP contribution in [0.1, 0.15) is 77.6 Å². The summed E-state index contributed by atoms with van der Waals surface area (Å²) in [4.78, 5) is 69.0. The molecule has 1 aliphatic heterocycles. The molecule has 3 fully saturated rings. The van der Waals surface area contributed by atoms with Crippen LogP contribution in [0.3, 0.4) is 0 Å². The van der Waals surface area contributed by atoms with E-state index in [0.717, 1.165) is 6.92 Å². The maximum atomic E-state index is 15.8. The number of rotatable bonds is 10. The van der Waals surface area contributed by atoms with Crippen LogP contribution in [0, 0.1) is 16.7 Å². The zero-order valence-corrected chi connectivity index (χ0v) is 31.3. The highest BCUT2D eigenvalue weighted by molar-refractivity contribution is 5.94. The van der Waals surface area contributed by atoms with Crippen molar-refractivity contribution >= 4 is 29.8 Å². The number of aliphatic hydroxyl groups is 2. The van der Waals surface area contributed by atoms with Gasteiger partial charge in [-0.3, -0.25) is 9.59 Å². The molecule has 0 aromatic heterocycles. The van der Waals surface area contributed by atoms with E-state index in [9.17, 15) is 34.5 Å². The lowest BCUT2D eigenvalue weighted by molar-refractivity contribution is -0.347. The molecule has 1 heterocycles. The topological polar surface area (TPSA) is 213 Å². The van der Waals surface area contributed by atoms with E-state index in [4.69, 9.17) is 36.6 Å². The van der Waals surface area contributed by atoms with Gasteiger partial charge in [0.1, 0.15) is 30.0 Å². The predicted octanol–water partition coefficient (Wildman–Crippen LogP) is 3.31. The number of ether oxygens (including phenoxy) is 6. The number of carbonyl (C=O) groups is 5. The second-order valence-corrected chi connectivity index (χ2v) is 15.6. The number of carbonyl (C=O) groups excluding carboxylic acids is 4. The van der Waals surface area contributed by atoms with Gasteiger partial charge in [-0.15, -0.1) is 0 Å². The Kier molecular flexibility index (Phi) is 8.97. The Labute approximate surface area is 332 Å². The molecule has 1 saturated heterocycles. The summed E-state index contributed by atoms with van der Waals surface area (Å²) in [5.41, 5.74) is -8.96. The first kappa shape index (κ1) is 33.5. The molecule has 6 rings (SSSR count). The number of aliphatic hydroxyl groups excluding tert-OH is 1. The summed E-state index contributed by atoms with van der Waals surface area (Å²) in [6.45, 7) is 6.06. The second kappa shape index (κ2) is 15.0. The molecule has 56 heavy (non-hydrogen) atoms. The maximum Gasteiger partial charge on any atom is 0.405 e. The number of carboxylic acid groups (broad SMARTS) is 1. The molecular formula is C41H49NO14. The van der Waals surface area contributed by atoms with Crippen LogP contribution in [0.25, 0.3) is 0 Å². The van der Waals surface area contributed by atoms with Crippen molar-refractivity contribution in [1.29, 1.82) is 0 Å². The molecule has 2 aromatic carbocycles. The number of hydrogen-bond acceptors (Lipinski definition) is 13. The molecule has 302 valence electrons. The SMILES string of the molecule is [2H]C([2H])([2H])O[C@H]1C(=O)[C@]2(C)[C@@H](OC([2H])([2H])[2H])C[C@H]3OC[C@@]3(OC(C)=O)[C@H]2[C@H](OC(=O)c2ccccc2)[C@]2(O)C[C@H](OC(=O)[C@H](O)[C@@H](NC(=O)O)c3ccccc3)C(C)=C1C2(C)C. The average molecular weight is 786 g/mol. The van der Waals surface area contributed by atoms with E-state index in [1.807, 2.05) is 0 Å². The molecule has 0 radical (unpaired) electrons. The van der Waals surface area contributed by atoms with Crippen molar-refractivity contribution in [3.8, 4) is 0 Å². The Bertz CT molecular complexity index is 2120. The summed E-state index contributed by atoms with van der Waals surface area (Å²) < 4.78 is 84.4. The van der Waals surface area contributed by atoms with Gasteiger partial charge in [-0.25, -0.2) is 14.4 Å². The van der Waals surface area contributed by atoms with Gasteiger partial charge in [0.15, 0.2) is 17.5 Å². The van der Waals surface area contributed by atoms with Crippen LogP contribution in [0.4, 0.5) is 4.79 Å². The van der Waals surface area contributed by atoms with E-state index in [2.05, 4.69) is 5.32 Å². The molecule has 15 heteroatoms. The van der Waals surface area contributed by atoms with E-state index in [1.165, 1.54) is 76.2 Å². The first-order valence-electron chi connectivity index (χ1n) is 21.0. The normalized spacial score (nSPS) is 36.2. The van der Waals surface area contributed by atoms with Crippen molar-refractivity contribution in [3.63, 3.8) is 0 Å². The zero-order chi connectivity index (χ0) is 46.0. The average Bonchev–Trinajstić information content (AvgIpc) is 3.17. The van der Waals surface area contributed by atoms with Crippen LogP contribution in [0.15, 0.2) is 71.8 Å². The molecule has 2 saturated carbocycles. The third kappa shape index (κ3) is 6.39. The molecule has 2 bridgehead atoms. The van der Waals surface area contributed by atoms with E-state index >= 15 is 4.79 Å². The number of nitrogens with one attached hydrogen (secondary N) is 1. The fourth-order valence-electron chi connectivity index (χ4n) is 9.49. The van der Waals surface area contributed by atoms with E-state index < -0.39 is 134 Å². The summed E-state index contributed by atoms with van der Waals surface area (Å²) in [6.07, 6.45) is -13.8. The number of hydrogen-bond donors (Lipinski definition) is 4. The van der Waals surface area contributed by atoms with Gasteiger partial charge < -0.3 is 49.1 Å². The number of methoxy groups -OCH3 is 2. The van der Waals surface area contributed by atoms with Crippen LogP contribution >= 0.6 is 0 Å². The molecule has 3 aliphatic carbocycles. The summed E-state index contributed by atoms with van der Waals surface area (Å²) in [5.74, 6) is -6.29. The van der Waals surface area contributed by atoms with Crippen molar-refractivity contribution < 1.29 is 75.9 Å². The van der Waals surface area contributed by atoms with Crippen molar-refractivity contribution in [2.75, 3.05) is 20.7 Å². The number of fused-ring (bicyclic) bond motifs is 5. The lowest BCUT2D eigenvalue weighted by Gasteiger charge is -2.67. The summed E-state index contributed by atoms with van der Waals surface area (Å²) >= 11 is 0. The minimum atomic E-state index is -3.36. The molecule has 0 spiro atoms. The second-order valence-electron chi connectivity index (χ2n) is 15.6. The maximum absolute atomic E-state index is 15.8. The Hall–Kier alpha value is -4.67. The van der Waals surface area contributed by atoms with Crippen LogP contribution in [-0.2, 0) is 42.8 Å². The molecule has 1 amide bonds. The Morgan fingerprint density at radius 1 is 0.982 bits per heavy atom. The van der Waals surface area contributed by atoms with Gasteiger partial charge in [0, 0.05) is 39.3 Å². The fraction of sp³-hybridized carbons (Fsp3) is 0.537. The van der Waals surface area contributed by atoms with Crippen molar-refractivity contribution in [3.05, 3.63) is 82.9 Å². The van der Waals surface area contributed by atoms with Crippen molar-refractivity contribution in [2.24, 2.45) is 16.7 Å². The molecular weight excluding hydrogens is 730 g/mol. The molecule has 2 aromatic rings. The summed E-state index contributed by atoms with van der Waals surface area (Å²) in [5, 5.41) is 36.8. The third-order valence-corrected chi connectivity index (χ3v) is 12.4. The predicted molar refractivity (Wildman–Crippen MR) is 195 cm³/mol. The largest absolute Gasteiger partial charge is 0.465 e. The van der Waals surface area contributed by atoms with Gasteiger partial charge in [-0.2, -0.15) is 0 Å². The van der Waals surface area contributed by atoms with Crippen molar-refractivity contribution in [1.82, 2.24) is 5.32 Å². The zero-order valence-electron chi connectivity index (χ0n) is 37.3. The molecule has 11 atom stereocenters. The number of esters is 3. The molecule has 4 aliphatic rings. The molecule has 0 unspecified atom stereocenters. The Morgan fingerprint density at radius 2 is 1.62 bits per heavy atom. The number of amides is 1. The van der Waals surface area contributed by atoms with Gasteiger partial charge in [-0.1, -0.05) is 62.4 Å². The lowest BCUT2D eigenvalue weighted by Crippen LogP contribution is -2.82. The highest BCUT2D eigenvalue weighted by Crippen LogP contribution is 2.64. The lowest BCUT2D eigenvalue weighted by atomic mass is 9.44. The van der Waals surface area contributed by atoms with E-state index in [0.29, 0.717) is 0 Å². The highest BCUT2D eigenvalue weighted by Gasteiger charge is 2.78. The minimum absolute atomic E-state index is 0.0339. The van der Waals surface area contributed by atoms with Crippen molar-refractivity contribution in [2.45, 2.75) is 101 Å². The van der Waals surface area contributed by atoms with E-state index in [-0.39, 0.29) is 22.3 Å². The van der Waals surface area contributed by atoms with Gasteiger partial charge in [-0.05, 0) is 42.7 Å². The summed E-state index contributed by atoms with van der Waals surface area (Å²) in [6, 6.07) is 13.5. The Balaban J connectivity index is 1.63. The number of ketones is 1. The minimum Gasteiger partial charge on any atom is -0.465 e. The number of benzene rings is 2. The smallest absolute Gasteiger partial charge is 0.405 e. The number of Topliss-reactive ketones (excluding diaryl/α,β-unsaturated/α-hetero) is 1. The van der Waals surface area contributed by atoms with Crippen LogP contribution in [0.5, 0.6) is 0 Å². The standard InChI is InChI=1S/C41H49NO14/c1-21-25(54-36(47)30(44)29(42-37(48)49)23-14-10-8-11-15-23)19-41(50)34(55-35(46)24-16-12-9-13-17-24)32-39(5,33(45)31(52-7)28(21)38(41,3)4)26(51-6)18-27-40(32,20-53-27)56-22(2)43/h8-17,25-27,29-32,34,42,44,50H,18-20H2,1-7H3,(H,48,49)/t25-,26-,27+,29-,30+,31+,32-,34-,39+,40-,41+/m0/s1/i6D3,7D3. The third-order valence-electron chi connectivity index (χ3n) is 12.4. The highest BCUT2D eigenvalue weighted by atomic mass is 16.6. The quantitative estimate of drug-likeness (QED) is 0.155. The monoisotopic (exact) mass is 785 g/mol. The first-order valence-corrected chi connectivity index (χ1v) is 18.0. The molecule has 4 N–H and O–H groups in total. The van der Waals surface area contributed by atoms with Gasteiger partial charge in [0.25, 0.3) is 0 Å². The van der Waals surface area contributed by atoms with Crippen LogP contribution < -0.4 is 5.32 Å². The van der Waals surface area contributed by atoms with Crippen LogP contribution in [0.2, 0.25) is 0 Å². The first-order chi connectivity index (χ1) is 28.7. The van der Waals surface area contributed by atoms with Crippen LogP contribution in [-0.4, -0.2) is 114 Å². The fourth-order valence-corrected chi connectivity index (χ4v) is 9.49. The van der Waals surface area contributed by atoms with Gasteiger partial charge >= 0.3 is 24.0 Å². The van der Waals surface area contributed by atoms with Gasteiger partial charge in [0.2, 0.25) is 0 Å². The Morgan fingerprint density at radius 3 is 2.20 bits per heavy atom.